The lowest BCUT2D eigenvalue weighted by Crippen LogP contribution is -2.45. The van der Waals surface area contributed by atoms with Crippen LogP contribution in [0.4, 0.5) is 0 Å². The van der Waals surface area contributed by atoms with E-state index in [0.717, 1.165) is 12.8 Å². The van der Waals surface area contributed by atoms with Gasteiger partial charge in [-0.15, -0.1) is 0 Å². The molecule has 1 aromatic rings. The maximum atomic E-state index is 12.4. The number of sulfonamides is 1. The van der Waals surface area contributed by atoms with Gasteiger partial charge in [0.2, 0.25) is 10.0 Å². The zero-order chi connectivity index (χ0) is 15.5. The fourth-order valence-corrected chi connectivity index (χ4v) is 3.61. The van der Waals surface area contributed by atoms with Crippen LogP contribution >= 0.6 is 0 Å². The zero-order valence-corrected chi connectivity index (χ0v) is 13.1. The molecule has 1 aliphatic carbocycles. The highest BCUT2D eigenvalue weighted by molar-refractivity contribution is 7.89. The summed E-state index contributed by atoms with van der Waals surface area (Å²) < 4.78 is 27.6. The lowest BCUT2D eigenvalue weighted by Gasteiger charge is -2.25. The maximum absolute atomic E-state index is 12.4. The van der Waals surface area contributed by atoms with Crippen LogP contribution in [0.15, 0.2) is 23.4 Å². The van der Waals surface area contributed by atoms with Gasteiger partial charge in [0.15, 0.2) is 0 Å². The van der Waals surface area contributed by atoms with Crippen LogP contribution < -0.4 is 4.72 Å². The lowest BCUT2D eigenvalue weighted by atomic mass is 10.0. The third kappa shape index (κ3) is 4.27. The van der Waals surface area contributed by atoms with E-state index in [1.54, 1.807) is 0 Å². The van der Waals surface area contributed by atoms with Gasteiger partial charge in [0.1, 0.15) is 4.90 Å². The van der Waals surface area contributed by atoms with Gasteiger partial charge in [-0.2, -0.15) is 0 Å². The van der Waals surface area contributed by atoms with E-state index in [2.05, 4.69) is 21.5 Å². The summed E-state index contributed by atoms with van der Waals surface area (Å²) in [5.74, 6) is 5.94. The molecule has 0 spiro atoms. The summed E-state index contributed by atoms with van der Waals surface area (Å²) in [6.07, 6.45) is 5.29. The summed E-state index contributed by atoms with van der Waals surface area (Å²) in [6.45, 7) is 3.79. The second kappa shape index (κ2) is 6.14. The molecule has 5 nitrogen and oxygen atoms in total. The minimum atomic E-state index is -3.61. The molecule has 0 aromatic carbocycles. The Balaban J connectivity index is 2.20. The first-order valence-corrected chi connectivity index (χ1v) is 8.42. The van der Waals surface area contributed by atoms with Crippen molar-refractivity contribution in [2.75, 3.05) is 6.61 Å². The number of aromatic nitrogens is 1. The van der Waals surface area contributed by atoms with E-state index in [1.807, 2.05) is 13.8 Å². The molecule has 21 heavy (non-hydrogen) atoms. The van der Waals surface area contributed by atoms with Crippen LogP contribution in [-0.4, -0.2) is 30.7 Å². The van der Waals surface area contributed by atoms with Crippen molar-refractivity contribution in [3.8, 4) is 11.8 Å². The van der Waals surface area contributed by atoms with Crippen molar-refractivity contribution in [2.45, 2.75) is 43.5 Å². The third-order valence-corrected chi connectivity index (χ3v) is 5.13. The molecule has 2 rings (SSSR count). The Morgan fingerprint density at radius 3 is 2.76 bits per heavy atom. The van der Waals surface area contributed by atoms with Crippen LogP contribution in [0.5, 0.6) is 0 Å². The van der Waals surface area contributed by atoms with Gasteiger partial charge in [-0.25, -0.2) is 13.1 Å². The molecule has 0 amide bonds. The van der Waals surface area contributed by atoms with Gasteiger partial charge < -0.3 is 5.11 Å². The van der Waals surface area contributed by atoms with Gasteiger partial charge in [-0.1, -0.05) is 11.8 Å². The number of aliphatic hydroxyl groups is 1. The van der Waals surface area contributed by atoms with Gasteiger partial charge in [-0.3, -0.25) is 4.98 Å². The van der Waals surface area contributed by atoms with E-state index in [-0.39, 0.29) is 11.5 Å². The highest BCUT2D eigenvalue weighted by atomic mass is 32.2. The normalized spacial score (nSPS) is 15.4. The monoisotopic (exact) mass is 308 g/mol. The summed E-state index contributed by atoms with van der Waals surface area (Å²) in [5, 5.41) is 8.69. The number of aliphatic hydroxyl groups excluding tert-OH is 1. The van der Waals surface area contributed by atoms with Crippen LogP contribution in [0.25, 0.3) is 0 Å². The predicted molar refractivity (Wildman–Crippen MR) is 79.9 cm³/mol. The first kappa shape index (κ1) is 16.0. The van der Waals surface area contributed by atoms with E-state index < -0.39 is 15.6 Å². The van der Waals surface area contributed by atoms with E-state index in [4.69, 9.17) is 5.11 Å². The number of rotatable bonds is 5. The number of nitrogens with one attached hydrogen (secondary N) is 1. The molecule has 1 saturated carbocycles. The third-order valence-electron chi connectivity index (χ3n) is 3.49. The van der Waals surface area contributed by atoms with Gasteiger partial charge in [0, 0.05) is 29.9 Å². The number of pyridine rings is 1. The average Bonchev–Trinajstić information content (AvgIpc) is 3.23. The molecule has 6 heteroatoms. The summed E-state index contributed by atoms with van der Waals surface area (Å²) in [5.41, 5.74) is 0.0766. The first-order chi connectivity index (χ1) is 9.85. The second-order valence-corrected chi connectivity index (χ2v) is 7.47. The van der Waals surface area contributed by atoms with E-state index in [0.29, 0.717) is 17.9 Å². The van der Waals surface area contributed by atoms with Gasteiger partial charge in [0.05, 0.1) is 6.61 Å². The molecular weight excluding hydrogens is 288 g/mol. The Morgan fingerprint density at radius 2 is 2.14 bits per heavy atom. The largest absolute Gasteiger partial charge is 0.395 e. The number of hydrogen-bond donors (Lipinski definition) is 2. The smallest absolute Gasteiger partial charge is 0.242 e. The molecule has 1 aliphatic rings. The first-order valence-electron chi connectivity index (χ1n) is 6.94. The lowest BCUT2D eigenvalue weighted by molar-refractivity contribution is 0.305. The molecule has 2 N–H and O–H groups in total. The Hall–Kier alpha value is -1.42. The molecule has 0 unspecified atom stereocenters. The highest BCUT2D eigenvalue weighted by Gasteiger charge is 2.40. The van der Waals surface area contributed by atoms with Crippen LogP contribution in [0.2, 0.25) is 0 Å². The van der Waals surface area contributed by atoms with Crippen LogP contribution in [0.1, 0.15) is 38.7 Å². The van der Waals surface area contributed by atoms with Crippen molar-refractivity contribution in [2.24, 2.45) is 5.92 Å². The molecule has 0 radical (unpaired) electrons. The summed E-state index contributed by atoms with van der Waals surface area (Å²) >= 11 is 0. The number of nitrogens with zero attached hydrogens (tertiary/aromatic N) is 1. The van der Waals surface area contributed by atoms with E-state index >= 15 is 0 Å². The van der Waals surface area contributed by atoms with E-state index in [1.165, 1.54) is 18.5 Å². The Labute approximate surface area is 125 Å². The van der Waals surface area contributed by atoms with Crippen LogP contribution in [-0.2, 0) is 10.0 Å². The van der Waals surface area contributed by atoms with Gasteiger partial charge in [0.25, 0.3) is 0 Å². The SMILES string of the molecule is CC(C)(NS(=O)(=O)c1cncc(C#CCCO)c1)C1CC1. The topological polar surface area (TPSA) is 79.3 Å². The van der Waals surface area contributed by atoms with Crippen molar-refractivity contribution >= 4 is 10.0 Å². The van der Waals surface area contributed by atoms with Gasteiger partial charge >= 0.3 is 0 Å². The van der Waals surface area contributed by atoms with Crippen molar-refractivity contribution in [3.05, 3.63) is 24.0 Å². The van der Waals surface area contributed by atoms with Crippen molar-refractivity contribution in [3.63, 3.8) is 0 Å². The second-order valence-electron chi connectivity index (χ2n) is 5.79. The Kier molecular flexibility index (Phi) is 4.67. The zero-order valence-electron chi connectivity index (χ0n) is 12.3. The fraction of sp³-hybridized carbons (Fsp3) is 0.533. The summed E-state index contributed by atoms with van der Waals surface area (Å²) in [7, 11) is -3.61. The summed E-state index contributed by atoms with van der Waals surface area (Å²) in [4.78, 5) is 4.05. The Bertz CT molecular complexity index is 668. The molecule has 114 valence electrons. The maximum Gasteiger partial charge on any atom is 0.242 e. The highest BCUT2D eigenvalue weighted by Crippen LogP contribution is 2.39. The van der Waals surface area contributed by atoms with Crippen molar-refractivity contribution in [1.82, 2.24) is 9.71 Å². The van der Waals surface area contributed by atoms with E-state index in [9.17, 15) is 8.42 Å². The Morgan fingerprint density at radius 1 is 1.43 bits per heavy atom. The van der Waals surface area contributed by atoms with Crippen molar-refractivity contribution < 1.29 is 13.5 Å². The van der Waals surface area contributed by atoms with Crippen molar-refractivity contribution in [1.29, 1.82) is 0 Å². The molecule has 0 bridgehead atoms. The molecule has 0 atom stereocenters. The standard InChI is InChI=1S/C15H20N2O3S/c1-15(2,13-6-7-13)17-21(19,20)14-9-12(10-16-11-14)5-3-4-8-18/h9-11,13,17-18H,4,6-8H2,1-2H3. The minimum absolute atomic E-state index is 0.0183. The van der Waals surface area contributed by atoms with Crippen LogP contribution in [0, 0.1) is 17.8 Å². The fourth-order valence-electron chi connectivity index (χ4n) is 2.15. The van der Waals surface area contributed by atoms with Crippen LogP contribution in [0.3, 0.4) is 0 Å². The van der Waals surface area contributed by atoms with Gasteiger partial charge in [-0.05, 0) is 38.7 Å². The molecule has 0 aliphatic heterocycles. The predicted octanol–water partition coefficient (Wildman–Crippen LogP) is 1.28. The molecule has 1 fully saturated rings. The quantitative estimate of drug-likeness (QED) is 0.803. The minimum Gasteiger partial charge on any atom is -0.395 e. The molecule has 1 aromatic heterocycles. The molecule has 0 saturated heterocycles. The summed E-state index contributed by atoms with van der Waals surface area (Å²) in [6, 6.07) is 1.50. The number of hydrogen-bond acceptors (Lipinski definition) is 4. The molecule has 1 heterocycles. The molecular formula is C15H20N2O3S. The average molecular weight is 308 g/mol.